The first-order chi connectivity index (χ1) is 8.22. The van der Waals surface area contributed by atoms with E-state index < -0.39 is 0 Å². The van der Waals surface area contributed by atoms with Crippen molar-refractivity contribution in [3.63, 3.8) is 0 Å². The number of hydrogen-bond acceptors (Lipinski definition) is 3. The van der Waals surface area contributed by atoms with Gasteiger partial charge in [-0.3, -0.25) is 4.90 Å². The van der Waals surface area contributed by atoms with Gasteiger partial charge in [0.15, 0.2) is 0 Å². The van der Waals surface area contributed by atoms with Crippen LogP contribution < -0.4 is 0 Å². The van der Waals surface area contributed by atoms with E-state index in [4.69, 9.17) is 0 Å². The summed E-state index contributed by atoms with van der Waals surface area (Å²) in [5, 5.41) is 9.40. The Hall–Kier alpha value is -0.870. The van der Waals surface area contributed by atoms with Gasteiger partial charge in [0.25, 0.3) is 0 Å². The van der Waals surface area contributed by atoms with Crippen molar-refractivity contribution in [2.24, 2.45) is 0 Å². The van der Waals surface area contributed by atoms with E-state index in [0.717, 1.165) is 25.3 Å². The van der Waals surface area contributed by atoms with Gasteiger partial charge in [-0.2, -0.15) is 0 Å². The van der Waals surface area contributed by atoms with E-state index in [-0.39, 0.29) is 6.61 Å². The van der Waals surface area contributed by atoms with Gasteiger partial charge in [0, 0.05) is 24.5 Å². The van der Waals surface area contributed by atoms with Gasteiger partial charge >= 0.3 is 0 Å². The minimum absolute atomic E-state index is 0.266. The topological polar surface area (TPSA) is 41.3 Å². The molecule has 96 valence electrons. The van der Waals surface area contributed by atoms with Crippen molar-refractivity contribution in [1.29, 1.82) is 0 Å². The number of hydrogen-bond donors (Lipinski definition) is 1. The highest BCUT2D eigenvalue weighted by molar-refractivity contribution is 4.95. The second-order valence-corrected chi connectivity index (χ2v) is 5.15. The number of aliphatic hydroxyl groups is 1. The van der Waals surface area contributed by atoms with Crippen LogP contribution in [0.2, 0.25) is 0 Å². The molecule has 4 heteroatoms. The number of nitrogens with zero attached hydrogens (tertiary/aromatic N) is 3. The van der Waals surface area contributed by atoms with E-state index in [1.807, 2.05) is 12.4 Å². The maximum absolute atomic E-state index is 9.40. The minimum atomic E-state index is 0.266. The quantitative estimate of drug-likeness (QED) is 0.868. The molecule has 0 spiro atoms. The van der Waals surface area contributed by atoms with Crippen LogP contribution in [0.15, 0.2) is 12.4 Å². The average molecular weight is 237 g/mol. The van der Waals surface area contributed by atoms with E-state index in [1.165, 1.54) is 12.8 Å². The van der Waals surface area contributed by atoms with Crippen LogP contribution in [-0.2, 0) is 6.54 Å². The van der Waals surface area contributed by atoms with Crippen LogP contribution in [-0.4, -0.2) is 38.8 Å². The highest BCUT2D eigenvalue weighted by Gasteiger charge is 2.23. The van der Waals surface area contributed by atoms with Crippen LogP contribution in [0.4, 0.5) is 0 Å². The Morgan fingerprint density at radius 1 is 1.47 bits per heavy atom. The molecule has 0 amide bonds. The molecule has 1 aliphatic rings. The first-order valence-electron chi connectivity index (χ1n) is 6.59. The summed E-state index contributed by atoms with van der Waals surface area (Å²) in [5.74, 6) is 1.11. The molecule has 1 fully saturated rings. The second-order valence-electron chi connectivity index (χ2n) is 5.15. The Morgan fingerprint density at radius 3 is 3.00 bits per heavy atom. The second kappa shape index (κ2) is 5.65. The zero-order valence-electron chi connectivity index (χ0n) is 10.8. The molecule has 1 aromatic heterocycles. The molecule has 1 N–H and O–H groups in total. The molecule has 1 saturated heterocycles. The van der Waals surface area contributed by atoms with Crippen molar-refractivity contribution in [1.82, 2.24) is 14.5 Å². The SMILES string of the molecule is CC(C)n1ccnc1CN1CCCCC1CO. The number of piperidine rings is 1. The summed E-state index contributed by atoms with van der Waals surface area (Å²) in [7, 11) is 0. The normalized spacial score (nSPS) is 22.2. The summed E-state index contributed by atoms with van der Waals surface area (Å²) in [6, 6.07) is 0.769. The Bertz CT molecular complexity index is 348. The van der Waals surface area contributed by atoms with E-state index in [0.29, 0.717) is 12.1 Å². The van der Waals surface area contributed by atoms with Gasteiger partial charge in [0.1, 0.15) is 5.82 Å². The third-order valence-corrected chi connectivity index (χ3v) is 3.61. The molecule has 1 aliphatic heterocycles. The molecule has 2 heterocycles. The zero-order valence-corrected chi connectivity index (χ0v) is 10.8. The zero-order chi connectivity index (χ0) is 12.3. The third-order valence-electron chi connectivity index (χ3n) is 3.61. The maximum Gasteiger partial charge on any atom is 0.123 e. The van der Waals surface area contributed by atoms with E-state index in [1.54, 1.807) is 0 Å². The lowest BCUT2D eigenvalue weighted by Crippen LogP contribution is -2.41. The van der Waals surface area contributed by atoms with Crippen LogP contribution in [0, 0.1) is 0 Å². The molecular formula is C13H23N3O. The van der Waals surface area contributed by atoms with Crippen molar-refractivity contribution in [2.45, 2.75) is 51.7 Å². The standard InChI is InChI=1S/C13H23N3O/c1-11(2)16-8-6-14-13(16)9-15-7-4-3-5-12(15)10-17/h6,8,11-12,17H,3-5,7,9-10H2,1-2H3. The predicted octanol–water partition coefficient (Wildman–Crippen LogP) is 1.81. The smallest absolute Gasteiger partial charge is 0.123 e. The van der Waals surface area contributed by atoms with Crippen molar-refractivity contribution >= 4 is 0 Å². The van der Waals surface area contributed by atoms with Gasteiger partial charge in [-0.25, -0.2) is 4.98 Å². The molecule has 0 aliphatic carbocycles. The van der Waals surface area contributed by atoms with E-state index in [9.17, 15) is 5.11 Å². The van der Waals surface area contributed by atoms with Crippen molar-refractivity contribution in [3.05, 3.63) is 18.2 Å². The summed E-state index contributed by atoms with van der Waals surface area (Å²) < 4.78 is 2.21. The molecule has 4 nitrogen and oxygen atoms in total. The summed E-state index contributed by atoms with van der Waals surface area (Å²) >= 11 is 0. The van der Waals surface area contributed by atoms with Crippen LogP contribution in [0.3, 0.4) is 0 Å². The van der Waals surface area contributed by atoms with Gasteiger partial charge in [-0.05, 0) is 33.2 Å². The number of imidazole rings is 1. The van der Waals surface area contributed by atoms with Gasteiger partial charge in [0.2, 0.25) is 0 Å². The van der Waals surface area contributed by atoms with Crippen molar-refractivity contribution in [3.8, 4) is 0 Å². The molecular weight excluding hydrogens is 214 g/mol. The highest BCUT2D eigenvalue weighted by Crippen LogP contribution is 2.19. The lowest BCUT2D eigenvalue weighted by Gasteiger charge is -2.34. The summed E-state index contributed by atoms with van der Waals surface area (Å²) in [6.45, 7) is 6.55. The summed E-state index contributed by atoms with van der Waals surface area (Å²) in [6.07, 6.45) is 7.49. The first kappa shape index (κ1) is 12.6. The fourth-order valence-corrected chi connectivity index (χ4v) is 2.59. The highest BCUT2D eigenvalue weighted by atomic mass is 16.3. The molecule has 0 radical (unpaired) electrons. The minimum Gasteiger partial charge on any atom is -0.395 e. The fourth-order valence-electron chi connectivity index (χ4n) is 2.59. The maximum atomic E-state index is 9.40. The Balaban J connectivity index is 2.05. The summed E-state index contributed by atoms with van der Waals surface area (Å²) in [4.78, 5) is 6.81. The molecule has 0 saturated carbocycles. The van der Waals surface area contributed by atoms with Crippen LogP contribution in [0.5, 0.6) is 0 Å². The van der Waals surface area contributed by atoms with Crippen molar-refractivity contribution < 1.29 is 5.11 Å². The monoisotopic (exact) mass is 237 g/mol. The van der Waals surface area contributed by atoms with Crippen molar-refractivity contribution in [2.75, 3.05) is 13.2 Å². The predicted molar refractivity (Wildman–Crippen MR) is 67.7 cm³/mol. The van der Waals surface area contributed by atoms with Crippen LogP contribution >= 0.6 is 0 Å². The Labute approximate surface area is 103 Å². The molecule has 1 unspecified atom stereocenters. The van der Waals surface area contributed by atoms with Gasteiger partial charge in [-0.15, -0.1) is 0 Å². The first-order valence-corrected chi connectivity index (χ1v) is 6.59. The summed E-state index contributed by atoms with van der Waals surface area (Å²) in [5.41, 5.74) is 0. The average Bonchev–Trinajstić information content (AvgIpc) is 2.78. The number of aromatic nitrogens is 2. The largest absolute Gasteiger partial charge is 0.395 e. The molecule has 1 atom stereocenters. The van der Waals surface area contributed by atoms with Crippen LogP contribution in [0.1, 0.15) is 45.0 Å². The lowest BCUT2D eigenvalue weighted by molar-refractivity contribution is 0.0807. The number of likely N-dealkylation sites (tertiary alicyclic amines) is 1. The molecule has 1 aromatic rings. The van der Waals surface area contributed by atoms with Gasteiger partial charge < -0.3 is 9.67 Å². The molecule has 0 bridgehead atoms. The van der Waals surface area contributed by atoms with E-state index in [2.05, 4.69) is 28.3 Å². The third kappa shape index (κ3) is 2.87. The Morgan fingerprint density at radius 2 is 2.29 bits per heavy atom. The fraction of sp³-hybridized carbons (Fsp3) is 0.769. The molecule has 0 aromatic carbocycles. The number of rotatable bonds is 4. The van der Waals surface area contributed by atoms with Gasteiger partial charge in [-0.1, -0.05) is 6.42 Å². The molecule has 2 rings (SSSR count). The number of aliphatic hydroxyl groups excluding tert-OH is 1. The van der Waals surface area contributed by atoms with Crippen LogP contribution in [0.25, 0.3) is 0 Å². The molecule has 17 heavy (non-hydrogen) atoms. The van der Waals surface area contributed by atoms with E-state index >= 15 is 0 Å². The lowest BCUT2D eigenvalue weighted by atomic mass is 10.0. The van der Waals surface area contributed by atoms with Gasteiger partial charge in [0.05, 0.1) is 13.2 Å². The Kier molecular flexibility index (Phi) is 4.18.